The predicted molar refractivity (Wildman–Crippen MR) is 86.7 cm³/mol. The van der Waals surface area contributed by atoms with Crippen LogP contribution in [0.15, 0.2) is 21.9 Å². The lowest BCUT2D eigenvalue weighted by Crippen LogP contribution is -2.31. The van der Waals surface area contributed by atoms with Gasteiger partial charge in [0, 0.05) is 16.9 Å². The Morgan fingerprint density at radius 2 is 2.24 bits per heavy atom. The van der Waals surface area contributed by atoms with Gasteiger partial charge in [-0.05, 0) is 18.4 Å². The summed E-state index contributed by atoms with van der Waals surface area (Å²) in [4.78, 5) is 13.0. The highest BCUT2D eigenvalue weighted by molar-refractivity contribution is 8.00. The van der Waals surface area contributed by atoms with Gasteiger partial charge < -0.3 is 0 Å². The predicted octanol–water partition coefficient (Wildman–Crippen LogP) is 2.26. The number of thioether (sulfide) groups is 1. The van der Waals surface area contributed by atoms with E-state index in [1.807, 2.05) is 17.5 Å². The summed E-state index contributed by atoms with van der Waals surface area (Å²) in [6.45, 7) is 1.35. The smallest absolute Gasteiger partial charge is 0.244 e. The number of carbonyl (C=O) groups is 1. The van der Waals surface area contributed by atoms with Crippen LogP contribution in [0, 0.1) is 0 Å². The zero-order chi connectivity index (χ0) is 15.5. The molecule has 0 radical (unpaired) electrons. The van der Waals surface area contributed by atoms with Gasteiger partial charge in [0.1, 0.15) is 5.25 Å². The molecule has 10 heteroatoms. The maximum Gasteiger partial charge on any atom is 0.244 e. The summed E-state index contributed by atoms with van der Waals surface area (Å²) < 4.78 is 23.3. The van der Waals surface area contributed by atoms with Gasteiger partial charge in [-0.3, -0.25) is 10.1 Å². The van der Waals surface area contributed by atoms with Crippen molar-refractivity contribution in [1.82, 2.24) is 10.2 Å². The molecule has 1 amide bonds. The first kappa shape index (κ1) is 16.4. The number of amides is 1. The highest BCUT2D eigenvalue weighted by Gasteiger charge is 2.24. The van der Waals surface area contributed by atoms with Gasteiger partial charge in [0.05, 0.1) is 0 Å². The van der Waals surface area contributed by atoms with E-state index in [0.717, 1.165) is 16.3 Å². The van der Waals surface area contributed by atoms with Gasteiger partial charge >= 0.3 is 0 Å². The van der Waals surface area contributed by atoms with E-state index in [-0.39, 0.29) is 0 Å². The second kappa shape index (κ2) is 6.86. The lowest BCUT2D eigenvalue weighted by atomic mass is 10.4. The van der Waals surface area contributed by atoms with Crippen molar-refractivity contribution in [2.45, 2.75) is 22.3 Å². The first-order valence-corrected chi connectivity index (χ1v) is 10.5. The molecule has 0 saturated heterocycles. The van der Waals surface area contributed by atoms with E-state index in [4.69, 9.17) is 0 Å². The molecule has 114 valence electrons. The summed E-state index contributed by atoms with van der Waals surface area (Å²) in [5.41, 5.74) is 0. The second-order valence-corrected chi connectivity index (χ2v) is 9.80. The molecule has 0 aliphatic rings. The molecule has 0 aromatic carbocycles. The molecule has 21 heavy (non-hydrogen) atoms. The summed E-state index contributed by atoms with van der Waals surface area (Å²) in [6, 6.07) is 4.02. The van der Waals surface area contributed by atoms with Crippen molar-refractivity contribution in [3.63, 3.8) is 0 Å². The molecule has 2 heterocycles. The maximum absolute atomic E-state index is 11.8. The van der Waals surface area contributed by atoms with Crippen LogP contribution >= 0.6 is 34.4 Å². The molecule has 0 fully saturated rings. The molecule has 2 rings (SSSR count). The number of hydrogen-bond donors (Lipinski definition) is 1. The summed E-state index contributed by atoms with van der Waals surface area (Å²) in [5.74, 6) is 0.198. The normalized spacial score (nSPS) is 13.0. The molecule has 6 nitrogen and oxygen atoms in total. The minimum atomic E-state index is -3.41. The fourth-order valence-corrected chi connectivity index (χ4v) is 4.22. The summed E-state index contributed by atoms with van der Waals surface area (Å²) in [6.07, 6.45) is 1.03. The maximum atomic E-state index is 11.8. The average molecular weight is 364 g/mol. The van der Waals surface area contributed by atoms with Gasteiger partial charge in [-0.2, -0.15) is 0 Å². The molecule has 0 unspecified atom stereocenters. The third-order valence-corrected chi connectivity index (χ3v) is 7.14. The number of hydrogen-bond acceptors (Lipinski definition) is 8. The third-order valence-electron chi connectivity index (χ3n) is 2.57. The molecule has 1 atom stereocenters. The van der Waals surface area contributed by atoms with Crippen molar-refractivity contribution in [3.05, 3.63) is 22.4 Å². The Balaban J connectivity index is 1.92. The molecular formula is C11H13N3O3S4. The standard InChI is InChI=1S/C11H13N3O3S4/c1-7(21(2,16)17)9(15)12-10-13-14-11(20-10)19-6-8-4-3-5-18-8/h3-5,7H,6H2,1-2H3,(H,12,13,15)/t7-/m1/s1. The number of thiophene rings is 1. The zero-order valence-electron chi connectivity index (χ0n) is 11.3. The Kier molecular flexibility index (Phi) is 5.36. The van der Waals surface area contributed by atoms with E-state index in [1.54, 1.807) is 11.3 Å². The first-order chi connectivity index (χ1) is 9.86. The molecular weight excluding hydrogens is 350 g/mol. The van der Waals surface area contributed by atoms with E-state index in [1.165, 1.54) is 34.9 Å². The molecule has 0 spiro atoms. The van der Waals surface area contributed by atoms with Gasteiger partial charge in [0.25, 0.3) is 0 Å². The van der Waals surface area contributed by atoms with Crippen LogP contribution in [-0.4, -0.2) is 36.0 Å². The van der Waals surface area contributed by atoms with Crippen LogP contribution in [-0.2, 0) is 20.4 Å². The van der Waals surface area contributed by atoms with Crippen LogP contribution in [0.25, 0.3) is 0 Å². The Hall–Kier alpha value is -0.970. The highest BCUT2D eigenvalue weighted by atomic mass is 32.2. The lowest BCUT2D eigenvalue weighted by Gasteiger charge is -2.07. The fraction of sp³-hybridized carbons (Fsp3) is 0.364. The van der Waals surface area contributed by atoms with Crippen molar-refractivity contribution in [2.24, 2.45) is 0 Å². The van der Waals surface area contributed by atoms with Crippen molar-refractivity contribution in [3.8, 4) is 0 Å². The molecule has 2 aromatic rings. The van der Waals surface area contributed by atoms with Crippen molar-refractivity contribution >= 4 is 55.3 Å². The molecule has 0 aliphatic heterocycles. The SMILES string of the molecule is C[C@H](C(=O)Nc1nnc(SCc2cccs2)s1)S(C)(=O)=O. The number of sulfone groups is 1. The van der Waals surface area contributed by atoms with Crippen molar-refractivity contribution in [1.29, 1.82) is 0 Å². The number of anilines is 1. The van der Waals surface area contributed by atoms with Crippen LogP contribution in [0.5, 0.6) is 0 Å². The van der Waals surface area contributed by atoms with Gasteiger partial charge in [-0.15, -0.1) is 21.5 Å². The first-order valence-electron chi connectivity index (χ1n) is 5.84. The minimum absolute atomic E-state index is 0.309. The second-order valence-electron chi connectivity index (χ2n) is 4.20. The topological polar surface area (TPSA) is 89.0 Å². The number of rotatable bonds is 6. The van der Waals surface area contributed by atoms with Crippen LogP contribution in [0.1, 0.15) is 11.8 Å². The van der Waals surface area contributed by atoms with E-state index >= 15 is 0 Å². The monoisotopic (exact) mass is 363 g/mol. The van der Waals surface area contributed by atoms with Gasteiger partial charge in [-0.25, -0.2) is 8.42 Å². The third kappa shape index (κ3) is 4.77. The van der Waals surface area contributed by atoms with E-state index in [0.29, 0.717) is 5.13 Å². The Morgan fingerprint density at radius 3 is 2.86 bits per heavy atom. The summed E-state index contributed by atoms with van der Waals surface area (Å²) in [5, 5.41) is 11.5. The molecule has 0 bridgehead atoms. The zero-order valence-corrected chi connectivity index (χ0v) is 14.5. The van der Waals surface area contributed by atoms with Crippen molar-refractivity contribution in [2.75, 3.05) is 11.6 Å². The Morgan fingerprint density at radius 1 is 1.48 bits per heavy atom. The molecule has 0 aliphatic carbocycles. The lowest BCUT2D eigenvalue weighted by molar-refractivity contribution is -0.115. The number of aromatic nitrogens is 2. The summed E-state index contributed by atoms with van der Waals surface area (Å²) in [7, 11) is -3.41. The molecule has 1 N–H and O–H groups in total. The summed E-state index contributed by atoms with van der Waals surface area (Å²) >= 11 is 4.42. The number of nitrogens with one attached hydrogen (secondary N) is 1. The molecule has 0 saturated carbocycles. The number of carbonyl (C=O) groups excluding carboxylic acids is 1. The minimum Gasteiger partial charge on any atom is -0.299 e. The average Bonchev–Trinajstić information content (AvgIpc) is 3.05. The van der Waals surface area contributed by atoms with Crippen LogP contribution in [0.2, 0.25) is 0 Å². The van der Waals surface area contributed by atoms with E-state index in [9.17, 15) is 13.2 Å². The van der Waals surface area contributed by atoms with Gasteiger partial charge in [-0.1, -0.05) is 29.2 Å². The van der Waals surface area contributed by atoms with Crippen LogP contribution in [0.4, 0.5) is 5.13 Å². The van der Waals surface area contributed by atoms with E-state index in [2.05, 4.69) is 15.5 Å². The Bertz CT molecular complexity index is 709. The van der Waals surface area contributed by atoms with Crippen LogP contribution < -0.4 is 5.32 Å². The quantitative estimate of drug-likeness (QED) is 0.625. The number of nitrogens with zero attached hydrogens (tertiary/aromatic N) is 2. The fourth-order valence-electron chi connectivity index (χ4n) is 1.25. The van der Waals surface area contributed by atoms with Gasteiger partial charge in [0.15, 0.2) is 14.2 Å². The van der Waals surface area contributed by atoms with E-state index < -0.39 is 21.0 Å². The highest BCUT2D eigenvalue weighted by Crippen LogP contribution is 2.29. The van der Waals surface area contributed by atoms with Crippen LogP contribution in [0.3, 0.4) is 0 Å². The largest absolute Gasteiger partial charge is 0.299 e. The van der Waals surface area contributed by atoms with Gasteiger partial charge in [0.2, 0.25) is 11.0 Å². The van der Waals surface area contributed by atoms with Crippen molar-refractivity contribution < 1.29 is 13.2 Å². The Labute approximate surface area is 134 Å². The molecule has 2 aromatic heterocycles.